The predicted molar refractivity (Wildman–Crippen MR) is 81.8 cm³/mol. The second kappa shape index (κ2) is 7.13. The lowest BCUT2D eigenvalue weighted by molar-refractivity contribution is 0.0945. The summed E-state index contributed by atoms with van der Waals surface area (Å²) in [5, 5.41) is 3.66. The summed E-state index contributed by atoms with van der Waals surface area (Å²) >= 11 is 1.33. The highest BCUT2D eigenvalue weighted by atomic mass is 32.1. The van der Waals surface area contributed by atoms with E-state index in [9.17, 15) is 4.79 Å². The van der Waals surface area contributed by atoms with E-state index in [1.54, 1.807) is 6.08 Å². The first-order chi connectivity index (χ1) is 8.99. The normalized spacial score (nSPS) is 11.9. The Morgan fingerprint density at radius 3 is 2.95 bits per heavy atom. The van der Waals surface area contributed by atoms with Crippen molar-refractivity contribution in [3.8, 4) is 0 Å². The van der Waals surface area contributed by atoms with Crippen LogP contribution < -0.4 is 16.0 Å². The summed E-state index contributed by atoms with van der Waals surface area (Å²) < 4.78 is 0. The number of nitrogens with one attached hydrogen (secondary N) is 1. The molecular weight excluding hydrogens is 260 g/mol. The van der Waals surface area contributed by atoms with E-state index in [-0.39, 0.29) is 11.9 Å². The van der Waals surface area contributed by atoms with Crippen molar-refractivity contribution in [2.75, 3.05) is 24.2 Å². The molecule has 0 fully saturated rings. The Morgan fingerprint density at radius 1 is 1.68 bits per heavy atom. The number of carbonyl (C=O) groups excluding carboxylic acids is 1. The molecule has 1 aromatic heterocycles. The number of amides is 1. The highest BCUT2D eigenvalue weighted by Crippen LogP contribution is 2.27. The maximum absolute atomic E-state index is 12.1. The Kier molecular flexibility index (Phi) is 5.82. The molecule has 0 aromatic carbocycles. The average molecular weight is 282 g/mol. The fourth-order valence-electron chi connectivity index (χ4n) is 1.68. The number of anilines is 2. The van der Waals surface area contributed by atoms with Crippen molar-refractivity contribution in [3.63, 3.8) is 0 Å². The first-order valence-corrected chi connectivity index (χ1v) is 7.20. The molecule has 1 heterocycles. The van der Waals surface area contributed by atoms with Crippen molar-refractivity contribution in [1.82, 2.24) is 10.3 Å². The number of carbonyl (C=O) groups is 1. The van der Waals surface area contributed by atoms with Crippen LogP contribution in [0.2, 0.25) is 0 Å². The molecule has 1 unspecified atom stereocenters. The first kappa shape index (κ1) is 15.5. The van der Waals surface area contributed by atoms with Gasteiger partial charge >= 0.3 is 0 Å². The maximum atomic E-state index is 12.1. The summed E-state index contributed by atoms with van der Waals surface area (Å²) in [6.07, 6.45) is 3.53. The zero-order valence-electron chi connectivity index (χ0n) is 11.8. The molecule has 0 radical (unpaired) electrons. The molecular formula is C13H22N4OS. The molecule has 0 aliphatic heterocycles. The van der Waals surface area contributed by atoms with Crippen LogP contribution >= 0.6 is 11.3 Å². The van der Waals surface area contributed by atoms with Gasteiger partial charge in [0.25, 0.3) is 5.91 Å². The Morgan fingerprint density at radius 2 is 2.37 bits per heavy atom. The van der Waals surface area contributed by atoms with Crippen LogP contribution in [0.1, 0.15) is 36.4 Å². The van der Waals surface area contributed by atoms with Gasteiger partial charge in [-0.1, -0.05) is 24.3 Å². The molecule has 0 saturated carbocycles. The van der Waals surface area contributed by atoms with Gasteiger partial charge in [0.1, 0.15) is 10.7 Å². The predicted octanol–water partition coefficient (Wildman–Crippen LogP) is 2.27. The summed E-state index contributed by atoms with van der Waals surface area (Å²) in [6, 6.07) is 0.0447. The van der Waals surface area contributed by atoms with Gasteiger partial charge in [-0.25, -0.2) is 4.98 Å². The molecule has 3 N–H and O–H groups in total. The summed E-state index contributed by atoms with van der Waals surface area (Å²) in [5.74, 6) is 0.131. The number of rotatable bonds is 7. The second-order valence-electron chi connectivity index (χ2n) is 4.53. The summed E-state index contributed by atoms with van der Waals surface area (Å²) in [6.45, 7) is 8.57. The summed E-state index contributed by atoms with van der Waals surface area (Å²) in [7, 11) is 1.95. The molecule has 1 rings (SSSR count). The van der Waals surface area contributed by atoms with E-state index in [0.717, 1.165) is 24.5 Å². The van der Waals surface area contributed by atoms with E-state index in [0.29, 0.717) is 10.7 Å². The quantitative estimate of drug-likeness (QED) is 0.753. The topological polar surface area (TPSA) is 71.2 Å². The molecule has 6 heteroatoms. The fraction of sp³-hybridized carbons (Fsp3) is 0.538. The monoisotopic (exact) mass is 282 g/mol. The van der Waals surface area contributed by atoms with Crippen molar-refractivity contribution < 1.29 is 4.79 Å². The Labute approximate surface area is 118 Å². The highest BCUT2D eigenvalue weighted by molar-refractivity contribution is 7.18. The fourth-order valence-corrected chi connectivity index (χ4v) is 2.55. The van der Waals surface area contributed by atoms with E-state index in [2.05, 4.69) is 23.8 Å². The van der Waals surface area contributed by atoms with Gasteiger partial charge in [-0.15, -0.1) is 6.58 Å². The number of thiazole rings is 1. The van der Waals surface area contributed by atoms with Crippen LogP contribution in [-0.2, 0) is 0 Å². The first-order valence-electron chi connectivity index (χ1n) is 6.38. The van der Waals surface area contributed by atoms with Crippen molar-refractivity contribution in [3.05, 3.63) is 17.5 Å². The van der Waals surface area contributed by atoms with Crippen molar-refractivity contribution >= 4 is 28.2 Å². The minimum Gasteiger partial charge on any atom is -0.382 e. The molecule has 0 spiro atoms. The van der Waals surface area contributed by atoms with Gasteiger partial charge in [0.2, 0.25) is 0 Å². The van der Waals surface area contributed by atoms with Gasteiger partial charge in [-0.3, -0.25) is 4.79 Å². The lowest BCUT2D eigenvalue weighted by Crippen LogP contribution is -2.31. The van der Waals surface area contributed by atoms with Crippen LogP contribution in [0, 0.1) is 0 Å². The molecule has 106 valence electrons. The SMILES string of the molecule is C=CCC(C)NC(=O)c1sc(N(C)CCC)nc1N. The van der Waals surface area contributed by atoms with E-state index >= 15 is 0 Å². The third-order valence-corrected chi connectivity index (χ3v) is 3.82. The lowest BCUT2D eigenvalue weighted by Gasteiger charge is -2.13. The van der Waals surface area contributed by atoms with Gasteiger partial charge < -0.3 is 16.0 Å². The molecule has 19 heavy (non-hydrogen) atoms. The Bertz CT molecular complexity index is 444. The van der Waals surface area contributed by atoms with Crippen molar-refractivity contribution in [2.45, 2.75) is 32.7 Å². The number of nitrogen functional groups attached to an aromatic ring is 1. The molecule has 0 saturated heterocycles. The number of aromatic nitrogens is 1. The number of hydrogen-bond donors (Lipinski definition) is 2. The van der Waals surface area contributed by atoms with E-state index in [4.69, 9.17) is 5.73 Å². The number of hydrogen-bond acceptors (Lipinski definition) is 5. The maximum Gasteiger partial charge on any atom is 0.265 e. The lowest BCUT2D eigenvalue weighted by atomic mass is 10.2. The third kappa shape index (κ3) is 4.24. The molecule has 1 aromatic rings. The van der Waals surface area contributed by atoms with Gasteiger partial charge in [0, 0.05) is 19.6 Å². The minimum atomic E-state index is -0.166. The van der Waals surface area contributed by atoms with E-state index < -0.39 is 0 Å². The van der Waals surface area contributed by atoms with Crippen LogP contribution in [0.25, 0.3) is 0 Å². The highest BCUT2D eigenvalue weighted by Gasteiger charge is 2.18. The van der Waals surface area contributed by atoms with Crippen LogP contribution in [0.3, 0.4) is 0 Å². The van der Waals surface area contributed by atoms with E-state index in [1.807, 2.05) is 18.9 Å². The smallest absolute Gasteiger partial charge is 0.265 e. The van der Waals surface area contributed by atoms with Crippen LogP contribution in [0.15, 0.2) is 12.7 Å². The molecule has 1 amide bonds. The summed E-state index contributed by atoms with van der Waals surface area (Å²) in [4.78, 5) is 18.8. The molecule has 5 nitrogen and oxygen atoms in total. The molecule has 1 atom stereocenters. The number of nitrogens with zero attached hydrogens (tertiary/aromatic N) is 2. The largest absolute Gasteiger partial charge is 0.382 e. The standard InChI is InChI=1S/C13H22N4OS/c1-5-7-9(3)15-12(18)10-11(14)16-13(19-10)17(4)8-6-2/h5,9H,1,6-8,14H2,2-4H3,(H,15,18). The van der Waals surface area contributed by atoms with Gasteiger partial charge in [0.15, 0.2) is 5.13 Å². The Hall–Kier alpha value is -1.56. The van der Waals surface area contributed by atoms with Crippen molar-refractivity contribution in [2.24, 2.45) is 0 Å². The molecule has 0 aliphatic rings. The molecule has 0 bridgehead atoms. The van der Waals surface area contributed by atoms with Gasteiger partial charge in [0.05, 0.1) is 0 Å². The van der Waals surface area contributed by atoms with Crippen LogP contribution in [0.4, 0.5) is 10.9 Å². The van der Waals surface area contributed by atoms with Crippen LogP contribution in [-0.4, -0.2) is 30.5 Å². The third-order valence-electron chi connectivity index (χ3n) is 2.63. The molecule has 0 aliphatic carbocycles. The van der Waals surface area contributed by atoms with Gasteiger partial charge in [-0.2, -0.15) is 0 Å². The minimum absolute atomic E-state index is 0.0447. The van der Waals surface area contributed by atoms with Gasteiger partial charge in [-0.05, 0) is 19.8 Å². The zero-order chi connectivity index (χ0) is 14.4. The summed E-state index contributed by atoms with van der Waals surface area (Å²) in [5.41, 5.74) is 5.82. The van der Waals surface area contributed by atoms with E-state index in [1.165, 1.54) is 11.3 Å². The van der Waals surface area contributed by atoms with Crippen LogP contribution in [0.5, 0.6) is 0 Å². The number of nitrogens with two attached hydrogens (primary N) is 1. The van der Waals surface area contributed by atoms with Crippen molar-refractivity contribution in [1.29, 1.82) is 0 Å². The average Bonchev–Trinajstić information content (AvgIpc) is 2.72. The zero-order valence-corrected chi connectivity index (χ0v) is 12.6. The second-order valence-corrected chi connectivity index (χ2v) is 5.51. The Balaban J connectivity index is 2.78.